The molecule has 0 saturated carbocycles. The molecule has 1 heterocycles. The Bertz CT molecular complexity index is 579. The Balaban J connectivity index is 1.57. The predicted octanol–water partition coefficient (Wildman–Crippen LogP) is 3.96. The number of nitrogens with zero attached hydrogens (tertiary/aromatic N) is 1. The maximum absolute atomic E-state index is 5.33. The van der Waals surface area contributed by atoms with Gasteiger partial charge in [-0.25, -0.2) is 0 Å². The van der Waals surface area contributed by atoms with Gasteiger partial charge in [-0.2, -0.15) is 0 Å². The molecule has 0 aliphatic heterocycles. The molecule has 3 rings (SSSR count). The summed E-state index contributed by atoms with van der Waals surface area (Å²) in [6, 6.07) is 10.9. The van der Waals surface area contributed by atoms with Crippen LogP contribution in [0.3, 0.4) is 0 Å². The van der Waals surface area contributed by atoms with E-state index < -0.39 is 0 Å². The van der Waals surface area contributed by atoms with Crippen LogP contribution in [0.25, 0.3) is 0 Å². The average Bonchev–Trinajstić information content (AvgIpc) is 3.14. The van der Waals surface area contributed by atoms with Gasteiger partial charge in [0, 0.05) is 18.0 Å². The van der Waals surface area contributed by atoms with E-state index in [-0.39, 0.29) is 0 Å². The van der Waals surface area contributed by atoms with Crippen LogP contribution in [0.2, 0.25) is 0 Å². The Labute approximate surface area is 131 Å². The van der Waals surface area contributed by atoms with Crippen LogP contribution in [0.5, 0.6) is 5.75 Å². The first-order valence-electron chi connectivity index (χ1n) is 7.64. The highest BCUT2D eigenvalue weighted by molar-refractivity contribution is 7.09. The Hall–Kier alpha value is -1.32. The standard InChI is InChI=1S/C18H23NOS/c1-19(10-9-17-4-3-11-21-17)13-15-6-5-14-12-16(20-2)7-8-18(14)15/h3-4,7-8,11-12,15H,5-6,9-10,13H2,1-2H3. The first-order chi connectivity index (χ1) is 10.3. The van der Waals surface area contributed by atoms with Crippen molar-refractivity contribution >= 4 is 11.3 Å². The summed E-state index contributed by atoms with van der Waals surface area (Å²) in [4.78, 5) is 3.96. The summed E-state index contributed by atoms with van der Waals surface area (Å²) < 4.78 is 5.33. The third-order valence-electron chi connectivity index (χ3n) is 4.40. The van der Waals surface area contributed by atoms with E-state index in [2.05, 4.69) is 47.7 Å². The summed E-state index contributed by atoms with van der Waals surface area (Å²) in [5.74, 6) is 1.67. The lowest BCUT2D eigenvalue weighted by atomic mass is 10.0. The molecule has 1 atom stereocenters. The minimum Gasteiger partial charge on any atom is -0.497 e. The molecule has 1 aromatic carbocycles. The van der Waals surface area contributed by atoms with Gasteiger partial charge in [0.25, 0.3) is 0 Å². The molecule has 21 heavy (non-hydrogen) atoms. The van der Waals surface area contributed by atoms with Crippen molar-refractivity contribution in [2.24, 2.45) is 0 Å². The fourth-order valence-corrected chi connectivity index (χ4v) is 3.92. The van der Waals surface area contributed by atoms with Crippen molar-refractivity contribution in [2.45, 2.75) is 25.2 Å². The third kappa shape index (κ3) is 3.47. The summed E-state index contributed by atoms with van der Waals surface area (Å²) in [6.45, 7) is 2.30. The quantitative estimate of drug-likeness (QED) is 0.801. The van der Waals surface area contributed by atoms with E-state index in [1.54, 1.807) is 7.11 Å². The molecule has 112 valence electrons. The number of benzene rings is 1. The highest BCUT2D eigenvalue weighted by Crippen LogP contribution is 2.35. The number of hydrogen-bond donors (Lipinski definition) is 0. The number of thiophene rings is 1. The number of methoxy groups -OCH3 is 1. The highest BCUT2D eigenvalue weighted by atomic mass is 32.1. The summed E-state index contributed by atoms with van der Waals surface area (Å²) >= 11 is 1.86. The van der Waals surface area contributed by atoms with Gasteiger partial charge in [-0.1, -0.05) is 12.1 Å². The summed E-state index contributed by atoms with van der Waals surface area (Å²) in [5.41, 5.74) is 3.00. The van der Waals surface area contributed by atoms with E-state index in [1.165, 1.54) is 28.8 Å². The molecule has 0 N–H and O–H groups in total. The van der Waals surface area contributed by atoms with Gasteiger partial charge in [0.15, 0.2) is 0 Å². The normalized spacial score (nSPS) is 17.2. The molecule has 2 aromatic rings. The SMILES string of the molecule is COc1ccc2c(c1)CCC2CN(C)CCc1cccs1. The number of rotatable bonds is 6. The largest absolute Gasteiger partial charge is 0.497 e. The van der Waals surface area contributed by atoms with Gasteiger partial charge in [0.2, 0.25) is 0 Å². The lowest BCUT2D eigenvalue weighted by molar-refractivity contribution is 0.314. The van der Waals surface area contributed by atoms with E-state index in [0.29, 0.717) is 5.92 Å². The molecule has 1 unspecified atom stereocenters. The van der Waals surface area contributed by atoms with Crippen LogP contribution in [0, 0.1) is 0 Å². The molecular formula is C18H23NOS. The summed E-state index contributed by atoms with van der Waals surface area (Å²) in [7, 11) is 3.99. The third-order valence-corrected chi connectivity index (χ3v) is 5.34. The Morgan fingerprint density at radius 2 is 2.24 bits per heavy atom. The van der Waals surface area contributed by atoms with Crippen molar-refractivity contribution < 1.29 is 4.74 Å². The van der Waals surface area contributed by atoms with E-state index in [0.717, 1.165) is 25.3 Å². The number of ether oxygens (including phenoxy) is 1. The van der Waals surface area contributed by atoms with Crippen LogP contribution in [0.15, 0.2) is 35.7 Å². The smallest absolute Gasteiger partial charge is 0.119 e. The number of aryl methyl sites for hydroxylation is 1. The number of hydrogen-bond acceptors (Lipinski definition) is 3. The van der Waals surface area contributed by atoms with E-state index in [1.807, 2.05) is 11.3 Å². The Morgan fingerprint density at radius 1 is 1.33 bits per heavy atom. The summed E-state index contributed by atoms with van der Waals surface area (Å²) in [5, 5.41) is 2.16. The molecule has 1 aliphatic carbocycles. The Morgan fingerprint density at radius 3 is 3.00 bits per heavy atom. The maximum atomic E-state index is 5.33. The molecule has 3 heteroatoms. The van der Waals surface area contributed by atoms with Gasteiger partial charge in [-0.15, -0.1) is 11.3 Å². The first-order valence-corrected chi connectivity index (χ1v) is 8.52. The minimum atomic E-state index is 0.680. The van der Waals surface area contributed by atoms with E-state index in [4.69, 9.17) is 4.74 Å². The zero-order valence-corrected chi connectivity index (χ0v) is 13.7. The van der Waals surface area contributed by atoms with Gasteiger partial charge >= 0.3 is 0 Å². The number of fused-ring (bicyclic) bond motifs is 1. The zero-order chi connectivity index (χ0) is 14.7. The van der Waals surface area contributed by atoms with Crippen molar-refractivity contribution in [1.82, 2.24) is 4.90 Å². The zero-order valence-electron chi connectivity index (χ0n) is 12.8. The lowest BCUT2D eigenvalue weighted by Crippen LogP contribution is -2.25. The second kappa shape index (κ2) is 6.63. The van der Waals surface area contributed by atoms with Crippen LogP contribution in [0.4, 0.5) is 0 Å². The summed E-state index contributed by atoms with van der Waals surface area (Å²) in [6.07, 6.45) is 3.62. The second-order valence-corrected chi connectivity index (χ2v) is 6.92. The molecule has 0 saturated heterocycles. The lowest BCUT2D eigenvalue weighted by Gasteiger charge is -2.21. The molecular weight excluding hydrogens is 278 g/mol. The first kappa shape index (κ1) is 14.6. The van der Waals surface area contributed by atoms with Crippen LogP contribution in [0.1, 0.15) is 28.3 Å². The van der Waals surface area contributed by atoms with Crippen molar-refractivity contribution in [1.29, 1.82) is 0 Å². The van der Waals surface area contributed by atoms with Crippen LogP contribution in [-0.4, -0.2) is 32.1 Å². The van der Waals surface area contributed by atoms with E-state index in [9.17, 15) is 0 Å². The fraction of sp³-hybridized carbons (Fsp3) is 0.444. The Kier molecular flexibility index (Phi) is 4.61. The molecule has 0 bridgehead atoms. The topological polar surface area (TPSA) is 12.5 Å². The molecule has 1 aromatic heterocycles. The van der Waals surface area contributed by atoms with Gasteiger partial charge in [-0.05, 0) is 66.9 Å². The molecule has 0 fully saturated rings. The maximum Gasteiger partial charge on any atom is 0.119 e. The highest BCUT2D eigenvalue weighted by Gasteiger charge is 2.23. The van der Waals surface area contributed by atoms with Crippen LogP contribution < -0.4 is 4.74 Å². The second-order valence-electron chi connectivity index (χ2n) is 5.89. The molecule has 1 aliphatic rings. The minimum absolute atomic E-state index is 0.680. The van der Waals surface area contributed by atoms with Gasteiger partial charge in [0.1, 0.15) is 5.75 Å². The van der Waals surface area contributed by atoms with Crippen LogP contribution >= 0.6 is 11.3 Å². The van der Waals surface area contributed by atoms with Crippen molar-refractivity contribution in [3.63, 3.8) is 0 Å². The monoisotopic (exact) mass is 301 g/mol. The number of likely N-dealkylation sites (N-methyl/N-ethyl adjacent to an activating group) is 1. The van der Waals surface area contributed by atoms with Gasteiger partial charge in [-0.3, -0.25) is 0 Å². The average molecular weight is 301 g/mol. The van der Waals surface area contributed by atoms with Crippen molar-refractivity contribution in [3.8, 4) is 5.75 Å². The molecule has 2 nitrogen and oxygen atoms in total. The predicted molar refractivity (Wildman–Crippen MR) is 89.6 cm³/mol. The molecule has 0 radical (unpaired) electrons. The van der Waals surface area contributed by atoms with Crippen molar-refractivity contribution in [2.75, 3.05) is 27.2 Å². The van der Waals surface area contributed by atoms with Crippen molar-refractivity contribution in [3.05, 3.63) is 51.7 Å². The molecule has 0 amide bonds. The van der Waals surface area contributed by atoms with Crippen LogP contribution in [-0.2, 0) is 12.8 Å². The van der Waals surface area contributed by atoms with Gasteiger partial charge < -0.3 is 9.64 Å². The molecule has 0 spiro atoms. The fourth-order valence-electron chi connectivity index (χ4n) is 3.22. The van der Waals surface area contributed by atoms with E-state index >= 15 is 0 Å². The van der Waals surface area contributed by atoms with Gasteiger partial charge in [0.05, 0.1) is 7.11 Å².